The van der Waals surface area contributed by atoms with Crippen LogP contribution in [0, 0.1) is 6.92 Å². The summed E-state index contributed by atoms with van der Waals surface area (Å²) in [6, 6.07) is 25.8. The number of para-hydroxylation sites is 1. The summed E-state index contributed by atoms with van der Waals surface area (Å²) in [5.74, 6) is -0.187. The van der Waals surface area contributed by atoms with E-state index in [-0.39, 0.29) is 18.4 Å². The van der Waals surface area contributed by atoms with Crippen LogP contribution in [0.3, 0.4) is 0 Å². The first-order chi connectivity index (χ1) is 15.0. The monoisotopic (exact) mass is 411 g/mol. The average molecular weight is 412 g/mol. The maximum Gasteiger partial charge on any atom is 0.244 e. The molecule has 0 saturated heterocycles. The number of benzene rings is 3. The lowest BCUT2D eigenvalue weighted by molar-refractivity contribution is -0.117. The summed E-state index contributed by atoms with van der Waals surface area (Å²) in [5.41, 5.74) is 5.37. The van der Waals surface area contributed by atoms with E-state index in [1.54, 1.807) is 13.0 Å². The molecule has 0 aliphatic heterocycles. The quantitative estimate of drug-likeness (QED) is 0.433. The summed E-state index contributed by atoms with van der Waals surface area (Å²) in [6.45, 7) is 3.92. The fourth-order valence-electron chi connectivity index (χ4n) is 3.65. The SMILES string of the molecule is CCC(=O)Nc1ccc(C)c(NC(=O)Cn2c(-c3ccccc3)cc3ccccc32)c1. The third-order valence-corrected chi connectivity index (χ3v) is 5.30. The molecule has 0 fully saturated rings. The molecule has 2 amide bonds. The molecule has 4 aromatic rings. The summed E-state index contributed by atoms with van der Waals surface area (Å²) >= 11 is 0. The second kappa shape index (κ2) is 8.88. The van der Waals surface area contributed by atoms with Crippen LogP contribution in [0.25, 0.3) is 22.2 Å². The molecule has 4 rings (SSSR count). The molecular weight excluding hydrogens is 386 g/mol. The maximum atomic E-state index is 13.0. The maximum absolute atomic E-state index is 13.0. The van der Waals surface area contributed by atoms with Crippen molar-refractivity contribution < 1.29 is 9.59 Å². The van der Waals surface area contributed by atoms with Crippen LogP contribution >= 0.6 is 0 Å². The molecule has 5 nitrogen and oxygen atoms in total. The van der Waals surface area contributed by atoms with Gasteiger partial charge in [0.2, 0.25) is 11.8 Å². The van der Waals surface area contributed by atoms with Crippen LogP contribution in [0.2, 0.25) is 0 Å². The highest BCUT2D eigenvalue weighted by Crippen LogP contribution is 2.28. The summed E-state index contributed by atoms with van der Waals surface area (Å²) in [5, 5.41) is 6.94. The third kappa shape index (κ3) is 4.51. The summed E-state index contributed by atoms with van der Waals surface area (Å²) in [7, 11) is 0. The largest absolute Gasteiger partial charge is 0.331 e. The Morgan fingerprint density at radius 2 is 1.58 bits per heavy atom. The fraction of sp³-hybridized carbons (Fsp3) is 0.154. The van der Waals surface area contributed by atoms with E-state index in [1.165, 1.54) is 0 Å². The first-order valence-corrected chi connectivity index (χ1v) is 10.4. The van der Waals surface area contributed by atoms with Crippen molar-refractivity contribution in [2.75, 3.05) is 10.6 Å². The van der Waals surface area contributed by atoms with Crippen molar-refractivity contribution >= 4 is 34.1 Å². The van der Waals surface area contributed by atoms with Crippen LogP contribution in [0.15, 0.2) is 78.9 Å². The Kier molecular flexibility index (Phi) is 5.85. The number of carbonyl (C=O) groups is 2. The molecule has 0 aliphatic rings. The number of amides is 2. The van der Waals surface area contributed by atoms with Gasteiger partial charge in [0.25, 0.3) is 0 Å². The van der Waals surface area contributed by atoms with Gasteiger partial charge in [0.1, 0.15) is 6.54 Å². The summed E-state index contributed by atoms with van der Waals surface area (Å²) in [4.78, 5) is 24.7. The van der Waals surface area contributed by atoms with Gasteiger partial charge in [0.05, 0.1) is 0 Å². The van der Waals surface area contributed by atoms with E-state index in [1.807, 2.05) is 72.2 Å². The molecule has 0 radical (unpaired) electrons. The smallest absolute Gasteiger partial charge is 0.244 e. The number of rotatable bonds is 6. The normalized spacial score (nSPS) is 10.8. The number of aromatic nitrogens is 1. The van der Waals surface area contributed by atoms with Crippen molar-refractivity contribution in [1.29, 1.82) is 0 Å². The number of hydrogen-bond donors (Lipinski definition) is 2. The molecule has 0 bridgehead atoms. The number of anilines is 2. The van der Waals surface area contributed by atoms with E-state index in [2.05, 4.69) is 22.8 Å². The Hall–Kier alpha value is -3.86. The average Bonchev–Trinajstić information content (AvgIpc) is 3.15. The van der Waals surface area contributed by atoms with Gasteiger partial charge in [0.15, 0.2) is 0 Å². The summed E-state index contributed by atoms with van der Waals surface area (Å²) < 4.78 is 2.04. The van der Waals surface area contributed by atoms with Gasteiger partial charge in [-0.2, -0.15) is 0 Å². The van der Waals surface area contributed by atoms with Gasteiger partial charge >= 0.3 is 0 Å². The van der Waals surface area contributed by atoms with E-state index in [0.29, 0.717) is 17.8 Å². The van der Waals surface area contributed by atoms with Gasteiger partial charge in [-0.3, -0.25) is 9.59 Å². The predicted molar refractivity (Wildman–Crippen MR) is 126 cm³/mol. The van der Waals surface area contributed by atoms with E-state index in [0.717, 1.165) is 27.7 Å². The summed E-state index contributed by atoms with van der Waals surface area (Å²) in [6.07, 6.45) is 0.401. The predicted octanol–water partition coefficient (Wildman–Crippen LogP) is 5.60. The van der Waals surface area contributed by atoms with Gasteiger partial charge in [0, 0.05) is 34.4 Å². The molecule has 5 heteroatoms. The van der Waals surface area contributed by atoms with Crippen LogP contribution in [-0.2, 0) is 16.1 Å². The van der Waals surface area contributed by atoms with E-state index in [9.17, 15) is 9.59 Å². The van der Waals surface area contributed by atoms with Crippen LogP contribution < -0.4 is 10.6 Å². The van der Waals surface area contributed by atoms with Gasteiger partial charge in [-0.05, 0) is 42.3 Å². The minimum atomic E-state index is -0.124. The molecule has 156 valence electrons. The molecule has 0 spiro atoms. The number of fused-ring (bicyclic) bond motifs is 1. The standard InChI is InChI=1S/C26H25N3O2/c1-3-25(30)27-21-14-13-18(2)22(16-21)28-26(31)17-29-23-12-8-7-11-20(23)15-24(29)19-9-5-4-6-10-19/h4-16H,3,17H2,1-2H3,(H,27,30)(H,28,31). The van der Waals surface area contributed by atoms with Crippen molar-refractivity contribution in [3.63, 3.8) is 0 Å². The minimum absolute atomic E-state index is 0.0626. The Labute approximate surface area is 181 Å². The lowest BCUT2D eigenvalue weighted by Gasteiger charge is -2.14. The van der Waals surface area contributed by atoms with Crippen LogP contribution in [0.1, 0.15) is 18.9 Å². The Morgan fingerprint density at radius 3 is 2.35 bits per heavy atom. The fourth-order valence-corrected chi connectivity index (χ4v) is 3.65. The third-order valence-electron chi connectivity index (χ3n) is 5.30. The van der Waals surface area contributed by atoms with Crippen molar-refractivity contribution in [2.24, 2.45) is 0 Å². The van der Waals surface area contributed by atoms with E-state index < -0.39 is 0 Å². The number of nitrogens with zero attached hydrogens (tertiary/aromatic N) is 1. The zero-order valence-electron chi connectivity index (χ0n) is 17.7. The van der Waals surface area contributed by atoms with Crippen molar-refractivity contribution in [3.05, 3.63) is 84.4 Å². The second-order valence-electron chi connectivity index (χ2n) is 7.52. The molecule has 3 aromatic carbocycles. The van der Waals surface area contributed by atoms with Crippen molar-refractivity contribution in [2.45, 2.75) is 26.8 Å². The molecule has 0 unspecified atom stereocenters. The van der Waals surface area contributed by atoms with Crippen molar-refractivity contribution in [3.8, 4) is 11.3 Å². The van der Waals surface area contributed by atoms with Gasteiger partial charge in [-0.25, -0.2) is 0 Å². The number of nitrogens with one attached hydrogen (secondary N) is 2. The topological polar surface area (TPSA) is 63.1 Å². The van der Waals surface area contributed by atoms with E-state index in [4.69, 9.17) is 0 Å². The number of carbonyl (C=O) groups excluding carboxylic acids is 2. The molecule has 0 saturated carbocycles. The zero-order valence-corrected chi connectivity index (χ0v) is 17.7. The molecule has 0 aliphatic carbocycles. The van der Waals surface area contributed by atoms with Gasteiger partial charge in [-0.1, -0.05) is 61.5 Å². The lowest BCUT2D eigenvalue weighted by atomic mass is 10.1. The van der Waals surface area contributed by atoms with Crippen molar-refractivity contribution in [1.82, 2.24) is 4.57 Å². The van der Waals surface area contributed by atoms with Crippen LogP contribution in [-0.4, -0.2) is 16.4 Å². The lowest BCUT2D eigenvalue weighted by Crippen LogP contribution is -2.20. The second-order valence-corrected chi connectivity index (χ2v) is 7.52. The first-order valence-electron chi connectivity index (χ1n) is 10.4. The molecule has 2 N–H and O–H groups in total. The zero-order chi connectivity index (χ0) is 21.8. The first kappa shape index (κ1) is 20.4. The molecule has 31 heavy (non-hydrogen) atoms. The van der Waals surface area contributed by atoms with E-state index >= 15 is 0 Å². The highest BCUT2D eigenvalue weighted by Gasteiger charge is 2.14. The van der Waals surface area contributed by atoms with Gasteiger partial charge < -0.3 is 15.2 Å². The highest BCUT2D eigenvalue weighted by molar-refractivity contribution is 5.96. The highest BCUT2D eigenvalue weighted by atomic mass is 16.2. The Morgan fingerprint density at radius 1 is 0.839 bits per heavy atom. The Balaban J connectivity index is 1.62. The minimum Gasteiger partial charge on any atom is -0.331 e. The molecular formula is C26H25N3O2. The van der Waals surface area contributed by atoms with Crippen LogP contribution in [0.5, 0.6) is 0 Å². The molecule has 0 atom stereocenters. The van der Waals surface area contributed by atoms with Gasteiger partial charge in [-0.15, -0.1) is 0 Å². The number of hydrogen-bond acceptors (Lipinski definition) is 2. The molecule has 1 heterocycles. The van der Waals surface area contributed by atoms with Crippen LogP contribution in [0.4, 0.5) is 11.4 Å². The Bertz CT molecular complexity index is 1240. The number of aryl methyl sites for hydroxylation is 1. The molecule has 1 aromatic heterocycles.